The van der Waals surface area contributed by atoms with Crippen LogP contribution in [-0.2, 0) is 9.53 Å². The molecule has 8 nitrogen and oxygen atoms in total. The van der Waals surface area contributed by atoms with Crippen molar-refractivity contribution in [1.82, 2.24) is 5.32 Å². The lowest BCUT2D eigenvalue weighted by Gasteiger charge is -2.34. The Morgan fingerprint density at radius 2 is 2.15 bits per heavy atom. The summed E-state index contributed by atoms with van der Waals surface area (Å²) >= 11 is 0. The van der Waals surface area contributed by atoms with E-state index in [2.05, 4.69) is 10.3 Å². The third kappa shape index (κ3) is 3.47. The van der Waals surface area contributed by atoms with Crippen molar-refractivity contribution in [2.24, 2.45) is 4.99 Å². The molecule has 8 heteroatoms. The molecule has 0 bridgehead atoms. The summed E-state index contributed by atoms with van der Waals surface area (Å²) in [5.74, 6) is -0.908. The molecule has 0 aromatic carbocycles. The van der Waals surface area contributed by atoms with Gasteiger partial charge in [0.2, 0.25) is 0 Å². The lowest BCUT2D eigenvalue weighted by atomic mass is 9.85. The third-order valence-electron chi connectivity index (χ3n) is 3.14. The number of carboxylic acid groups (broad SMARTS) is 1. The maximum absolute atomic E-state index is 11.0. The monoisotopic (exact) mass is 288 g/mol. The van der Waals surface area contributed by atoms with Gasteiger partial charge in [-0.05, 0) is 0 Å². The summed E-state index contributed by atoms with van der Waals surface area (Å²) in [5, 5.41) is 40.1. The molecule has 0 radical (unpaired) electrons. The predicted molar refractivity (Wildman–Crippen MR) is 70.3 cm³/mol. The van der Waals surface area contributed by atoms with Crippen LogP contribution in [0.5, 0.6) is 0 Å². The molecule has 1 aliphatic rings. The van der Waals surface area contributed by atoms with Crippen LogP contribution in [0.2, 0.25) is 0 Å². The Labute approximate surface area is 116 Å². The quantitative estimate of drug-likeness (QED) is 0.400. The smallest absolute Gasteiger partial charge is 0.328 e. The van der Waals surface area contributed by atoms with E-state index in [-0.39, 0.29) is 18.5 Å². The van der Waals surface area contributed by atoms with Crippen molar-refractivity contribution in [3.8, 4) is 0 Å². The largest absolute Gasteiger partial charge is 0.493 e. The fraction of sp³-hybridized carbons (Fsp3) is 0.667. The zero-order valence-corrected chi connectivity index (χ0v) is 11.5. The number of hydrogen-bond acceptors (Lipinski definition) is 7. The molecule has 0 saturated carbocycles. The van der Waals surface area contributed by atoms with E-state index in [1.165, 1.54) is 14.2 Å². The Morgan fingerprint density at radius 3 is 2.55 bits per heavy atom. The van der Waals surface area contributed by atoms with E-state index in [9.17, 15) is 15.0 Å². The second-order valence-corrected chi connectivity index (χ2v) is 4.64. The Balaban J connectivity index is 3.14. The highest BCUT2D eigenvalue weighted by Crippen LogP contribution is 2.30. The number of carbonyl (C=O) groups is 1. The van der Waals surface area contributed by atoms with E-state index in [4.69, 9.17) is 14.9 Å². The minimum Gasteiger partial charge on any atom is -0.493 e. The second kappa shape index (κ2) is 6.69. The molecule has 114 valence electrons. The van der Waals surface area contributed by atoms with E-state index < -0.39 is 30.8 Å². The highest BCUT2D eigenvalue weighted by atomic mass is 16.5. The standard InChI is InChI=1S/C12H20N2O6/c1-13-7-3-12(19,6-16)4-8(10(7)20-2)14-9(5-15)11(17)18/h9,14-16,19H,3-6H2,1-2H3,(H,17,18)/t9-,12-/m0/s1. The molecule has 0 unspecified atom stereocenters. The molecule has 0 amide bonds. The first-order chi connectivity index (χ1) is 9.40. The number of ether oxygens (including phenoxy) is 1. The molecule has 0 heterocycles. The number of aliphatic hydroxyl groups is 3. The summed E-state index contributed by atoms with van der Waals surface area (Å²) < 4.78 is 5.19. The molecule has 2 atom stereocenters. The number of rotatable bonds is 6. The Hall–Kier alpha value is -1.64. The zero-order valence-electron chi connectivity index (χ0n) is 11.5. The van der Waals surface area contributed by atoms with Gasteiger partial charge in [-0.1, -0.05) is 0 Å². The molecular formula is C12H20N2O6. The normalized spacial score (nSPS) is 26.6. The average Bonchev–Trinajstić information content (AvgIpc) is 2.43. The fourth-order valence-corrected chi connectivity index (χ4v) is 2.08. The van der Waals surface area contributed by atoms with Gasteiger partial charge in [-0.2, -0.15) is 0 Å². The van der Waals surface area contributed by atoms with Gasteiger partial charge in [-0.3, -0.25) is 4.99 Å². The van der Waals surface area contributed by atoms with Crippen molar-refractivity contribution < 1.29 is 30.0 Å². The van der Waals surface area contributed by atoms with Crippen LogP contribution in [0, 0.1) is 0 Å². The highest BCUT2D eigenvalue weighted by molar-refractivity contribution is 6.00. The Kier molecular flexibility index (Phi) is 5.49. The molecular weight excluding hydrogens is 268 g/mol. The lowest BCUT2D eigenvalue weighted by Crippen LogP contribution is -2.47. The van der Waals surface area contributed by atoms with Crippen molar-refractivity contribution in [2.75, 3.05) is 27.4 Å². The van der Waals surface area contributed by atoms with Gasteiger partial charge in [0.05, 0.1) is 37.3 Å². The molecule has 0 aromatic heterocycles. The molecule has 20 heavy (non-hydrogen) atoms. The summed E-state index contributed by atoms with van der Waals surface area (Å²) in [6.07, 6.45) is 0.0840. The van der Waals surface area contributed by atoms with Gasteiger partial charge in [0, 0.05) is 19.9 Å². The number of hydrogen-bond donors (Lipinski definition) is 5. The van der Waals surface area contributed by atoms with Gasteiger partial charge in [0.1, 0.15) is 6.04 Å². The van der Waals surface area contributed by atoms with Gasteiger partial charge >= 0.3 is 5.97 Å². The van der Waals surface area contributed by atoms with Crippen LogP contribution in [0.25, 0.3) is 0 Å². The summed E-state index contributed by atoms with van der Waals surface area (Å²) in [4.78, 5) is 14.9. The van der Waals surface area contributed by atoms with Gasteiger partial charge in [-0.25, -0.2) is 4.79 Å². The van der Waals surface area contributed by atoms with Crippen molar-refractivity contribution in [2.45, 2.75) is 24.5 Å². The van der Waals surface area contributed by atoms with E-state index in [1.807, 2.05) is 0 Å². The fourth-order valence-electron chi connectivity index (χ4n) is 2.08. The number of aliphatic imine (C=N–C) groups is 1. The number of nitrogens with zero attached hydrogens (tertiary/aromatic N) is 1. The van der Waals surface area contributed by atoms with Gasteiger partial charge in [0.25, 0.3) is 0 Å². The van der Waals surface area contributed by atoms with Crippen LogP contribution >= 0.6 is 0 Å². The Morgan fingerprint density at radius 1 is 1.50 bits per heavy atom. The first-order valence-corrected chi connectivity index (χ1v) is 6.07. The van der Waals surface area contributed by atoms with Crippen LogP contribution in [0.15, 0.2) is 16.4 Å². The van der Waals surface area contributed by atoms with E-state index in [1.54, 1.807) is 0 Å². The second-order valence-electron chi connectivity index (χ2n) is 4.64. The molecule has 0 aliphatic heterocycles. The van der Waals surface area contributed by atoms with Crippen LogP contribution in [0.3, 0.4) is 0 Å². The topological polar surface area (TPSA) is 132 Å². The minimum atomic E-state index is -1.43. The van der Waals surface area contributed by atoms with E-state index in [0.717, 1.165) is 0 Å². The maximum atomic E-state index is 11.0. The summed E-state index contributed by atoms with van der Waals surface area (Å²) in [6.45, 7) is -1.11. The van der Waals surface area contributed by atoms with Crippen molar-refractivity contribution in [3.05, 3.63) is 11.5 Å². The number of carboxylic acids is 1. The summed E-state index contributed by atoms with van der Waals surface area (Å²) in [5.41, 5.74) is -0.727. The van der Waals surface area contributed by atoms with E-state index in [0.29, 0.717) is 11.5 Å². The van der Waals surface area contributed by atoms with Crippen molar-refractivity contribution in [1.29, 1.82) is 0 Å². The molecule has 0 saturated heterocycles. The molecule has 0 fully saturated rings. The zero-order chi connectivity index (χ0) is 15.3. The predicted octanol–water partition coefficient (Wildman–Crippen LogP) is -1.53. The van der Waals surface area contributed by atoms with E-state index >= 15 is 0 Å². The first-order valence-electron chi connectivity index (χ1n) is 6.07. The number of methoxy groups -OCH3 is 1. The first kappa shape index (κ1) is 16.4. The average molecular weight is 288 g/mol. The number of aliphatic carboxylic acids is 1. The lowest BCUT2D eigenvalue weighted by molar-refractivity contribution is -0.140. The summed E-state index contributed by atoms with van der Waals surface area (Å²) in [7, 11) is 2.91. The van der Waals surface area contributed by atoms with Crippen LogP contribution < -0.4 is 5.32 Å². The van der Waals surface area contributed by atoms with Gasteiger partial charge in [0.15, 0.2) is 5.76 Å². The Bertz CT molecular complexity index is 434. The van der Waals surface area contributed by atoms with Crippen LogP contribution in [-0.4, -0.2) is 71.1 Å². The molecule has 1 aliphatic carbocycles. The highest BCUT2D eigenvalue weighted by Gasteiger charge is 2.38. The number of nitrogens with one attached hydrogen (secondary N) is 1. The third-order valence-corrected chi connectivity index (χ3v) is 3.14. The van der Waals surface area contributed by atoms with Gasteiger partial charge in [-0.15, -0.1) is 0 Å². The van der Waals surface area contributed by atoms with Crippen molar-refractivity contribution >= 4 is 11.7 Å². The summed E-state index contributed by atoms with van der Waals surface area (Å²) in [6, 6.07) is -1.23. The molecule has 1 rings (SSSR count). The van der Waals surface area contributed by atoms with Crippen LogP contribution in [0.4, 0.5) is 0 Å². The number of allylic oxidation sites excluding steroid dienone is 1. The van der Waals surface area contributed by atoms with Crippen molar-refractivity contribution in [3.63, 3.8) is 0 Å². The SMILES string of the molecule is CN=C1C[C@@](O)(CO)CC(N[C@@H](CO)C(=O)O)=C1OC. The minimum absolute atomic E-state index is 0.0184. The van der Waals surface area contributed by atoms with Crippen LogP contribution in [0.1, 0.15) is 12.8 Å². The van der Waals surface area contributed by atoms with Gasteiger partial charge < -0.3 is 30.5 Å². The molecule has 5 N–H and O–H groups in total. The molecule has 0 spiro atoms. The number of aliphatic hydroxyl groups excluding tert-OH is 2. The molecule has 0 aromatic rings. The maximum Gasteiger partial charge on any atom is 0.328 e.